The highest BCUT2D eigenvalue weighted by Crippen LogP contribution is 2.08. The van der Waals surface area contributed by atoms with E-state index in [1.807, 2.05) is 36.6 Å². The number of rotatable bonds is 13. The highest BCUT2D eigenvalue weighted by molar-refractivity contribution is 7.98. The zero-order valence-corrected chi connectivity index (χ0v) is 19.8. The van der Waals surface area contributed by atoms with Crippen LogP contribution in [0.15, 0.2) is 30.3 Å². The van der Waals surface area contributed by atoms with Gasteiger partial charge in [0.1, 0.15) is 18.1 Å². The number of thioether (sulfide) groups is 1. The van der Waals surface area contributed by atoms with Crippen molar-refractivity contribution in [1.82, 2.24) is 16.0 Å². The Kier molecular flexibility index (Phi) is 11.8. The second kappa shape index (κ2) is 13.7. The van der Waals surface area contributed by atoms with Gasteiger partial charge in [-0.1, -0.05) is 44.2 Å². The number of carboxylic acids is 1. The number of aliphatic carboxylic acids is 1. The molecule has 10 heteroatoms. The molecule has 0 spiro atoms. The minimum Gasteiger partial charge on any atom is -0.480 e. The summed E-state index contributed by atoms with van der Waals surface area (Å²) in [6.07, 6.45) is 2.33. The molecular weight excluding hydrogens is 432 g/mol. The van der Waals surface area contributed by atoms with E-state index in [1.54, 1.807) is 13.8 Å². The van der Waals surface area contributed by atoms with Gasteiger partial charge in [0.05, 0.1) is 6.04 Å². The van der Waals surface area contributed by atoms with Crippen LogP contribution in [-0.2, 0) is 25.6 Å². The quantitative estimate of drug-likeness (QED) is 0.284. The molecule has 0 aliphatic carbocycles. The van der Waals surface area contributed by atoms with Crippen LogP contribution in [0.5, 0.6) is 0 Å². The second-order valence-corrected chi connectivity index (χ2v) is 8.94. The van der Waals surface area contributed by atoms with Gasteiger partial charge < -0.3 is 26.8 Å². The molecule has 1 aromatic rings. The van der Waals surface area contributed by atoms with E-state index in [1.165, 1.54) is 18.7 Å². The van der Waals surface area contributed by atoms with Gasteiger partial charge in [0.2, 0.25) is 17.7 Å². The summed E-state index contributed by atoms with van der Waals surface area (Å²) in [6, 6.07) is 5.37. The van der Waals surface area contributed by atoms with E-state index in [4.69, 9.17) is 5.73 Å². The molecule has 32 heavy (non-hydrogen) atoms. The van der Waals surface area contributed by atoms with E-state index < -0.39 is 47.9 Å². The van der Waals surface area contributed by atoms with Gasteiger partial charge in [-0.2, -0.15) is 11.8 Å². The zero-order valence-electron chi connectivity index (χ0n) is 19.0. The molecule has 0 heterocycles. The fourth-order valence-corrected chi connectivity index (χ4v) is 3.38. The standard InChI is InChI=1S/C22H34N4O5S/c1-13(2)18(21(29)24-16(22(30)31)10-11-32-4)26-20(28)17(25-19(27)14(3)23)12-15-8-6-5-7-9-15/h5-9,13-14,16-18H,10-12,23H2,1-4H3,(H,24,29)(H,25,27)(H,26,28)(H,30,31). The van der Waals surface area contributed by atoms with Crippen molar-refractivity contribution in [3.63, 3.8) is 0 Å². The van der Waals surface area contributed by atoms with Crippen LogP contribution >= 0.6 is 11.8 Å². The third kappa shape index (κ3) is 9.27. The molecule has 1 aromatic carbocycles. The predicted octanol–water partition coefficient (Wildman–Crippen LogP) is 0.524. The Bertz CT molecular complexity index is 773. The van der Waals surface area contributed by atoms with Crippen molar-refractivity contribution in [2.45, 2.75) is 57.8 Å². The molecule has 4 atom stereocenters. The molecular formula is C22H34N4O5S. The van der Waals surface area contributed by atoms with Gasteiger partial charge in [-0.3, -0.25) is 14.4 Å². The summed E-state index contributed by atoms with van der Waals surface area (Å²) >= 11 is 1.48. The molecule has 0 aromatic heterocycles. The number of carbonyl (C=O) groups excluding carboxylic acids is 3. The first-order chi connectivity index (χ1) is 15.1. The predicted molar refractivity (Wildman–Crippen MR) is 125 cm³/mol. The summed E-state index contributed by atoms with van der Waals surface area (Å²) in [4.78, 5) is 49.5. The van der Waals surface area contributed by atoms with Crippen LogP contribution in [0.25, 0.3) is 0 Å². The molecule has 9 nitrogen and oxygen atoms in total. The average molecular weight is 467 g/mol. The number of amides is 3. The van der Waals surface area contributed by atoms with Crippen molar-refractivity contribution in [2.24, 2.45) is 11.7 Å². The lowest BCUT2D eigenvalue weighted by atomic mass is 10.00. The van der Waals surface area contributed by atoms with Crippen molar-refractivity contribution in [3.8, 4) is 0 Å². The van der Waals surface area contributed by atoms with Gasteiger partial charge in [-0.15, -0.1) is 0 Å². The highest BCUT2D eigenvalue weighted by atomic mass is 32.2. The van der Waals surface area contributed by atoms with Crippen molar-refractivity contribution >= 4 is 35.5 Å². The second-order valence-electron chi connectivity index (χ2n) is 7.95. The largest absolute Gasteiger partial charge is 0.480 e. The van der Waals surface area contributed by atoms with E-state index in [0.717, 1.165) is 5.56 Å². The minimum absolute atomic E-state index is 0.211. The molecule has 0 bridgehead atoms. The fourth-order valence-electron chi connectivity index (χ4n) is 2.91. The molecule has 0 aliphatic heterocycles. The van der Waals surface area contributed by atoms with E-state index in [9.17, 15) is 24.3 Å². The third-order valence-electron chi connectivity index (χ3n) is 4.80. The van der Waals surface area contributed by atoms with Crippen LogP contribution in [-0.4, -0.2) is 65.0 Å². The number of carboxylic acid groups (broad SMARTS) is 1. The first kappa shape index (κ1) is 27.4. The molecule has 178 valence electrons. The molecule has 3 amide bonds. The van der Waals surface area contributed by atoms with Crippen molar-refractivity contribution in [3.05, 3.63) is 35.9 Å². The number of hydrogen-bond acceptors (Lipinski definition) is 6. The van der Waals surface area contributed by atoms with E-state index in [-0.39, 0.29) is 18.8 Å². The lowest BCUT2D eigenvalue weighted by Crippen LogP contribution is -2.58. The van der Waals surface area contributed by atoms with Crippen molar-refractivity contribution in [1.29, 1.82) is 0 Å². The Morgan fingerprint density at radius 3 is 2.03 bits per heavy atom. The number of carbonyl (C=O) groups is 4. The Labute approximate surface area is 193 Å². The Balaban J connectivity index is 2.99. The first-order valence-corrected chi connectivity index (χ1v) is 11.9. The van der Waals surface area contributed by atoms with E-state index in [0.29, 0.717) is 5.75 Å². The first-order valence-electron chi connectivity index (χ1n) is 10.5. The van der Waals surface area contributed by atoms with Crippen LogP contribution in [0.3, 0.4) is 0 Å². The summed E-state index contributed by atoms with van der Waals surface area (Å²) in [5.41, 5.74) is 6.46. The molecule has 6 N–H and O–H groups in total. The molecule has 0 saturated heterocycles. The smallest absolute Gasteiger partial charge is 0.326 e. The van der Waals surface area contributed by atoms with Crippen LogP contribution in [0, 0.1) is 5.92 Å². The molecule has 0 radical (unpaired) electrons. The van der Waals surface area contributed by atoms with Gasteiger partial charge in [0, 0.05) is 6.42 Å². The maximum Gasteiger partial charge on any atom is 0.326 e. The lowest BCUT2D eigenvalue weighted by Gasteiger charge is -2.27. The number of benzene rings is 1. The maximum absolute atomic E-state index is 13.1. The van der Waals surface area contributed by atoms with Crippen LogP contribution in [0.1, 0.15) is 32.8 Å². The van der Waals surface area contributed by atoms with Gasteiger partial charge in [0.15, 0.2) is 0 Å². The highest BCUT2D eigenvalue weighted by Gasteiger charge is 2.31. The summed E-state index contributed by atoms with van der Waals surface area (Å²) in [5.74, 6) is -2.50. The Morgan fingerprint density at radius 2 is 1.53 bits per heavy atom. The Hall–Kier alpha value is -2.59. The number of nitrogens with two attached hydrogens (primary N) is 1. The van der Waals surface area contributed by atoms with Crippen LogP contribution in [0.2, 0.25) is 0 Å². The maximum atomic E-state index is 13.1. The van der Waals surface area contributed by atoms with Crippen LogP contribution < -0.4 is 21.7 Å². The van der Waals surface area contributed by atoms with Gasteiger partial charge in [-0.25, -0.2) is 4.79 Å². The van der Waals surface area contributed by atoms with Gasteiger partial charge in [0.25, 0.3) is 0 Å². The Morgan fingerprint density at radius 1 is 0.938 bits per heavy atom. The molecule has 4 unspecified atom stereocenters. The molecule has 0 fully saturated rings. The zero-order chi connectivity index (χ0) is 24.3. The molecule has 0 saturated carbocycles. The normalized spacial score (nSPS) is 14.7. The monoisotopic (exact) mass is 466 g/mol. The van der Waals surface area contributed by atoms with Gasteiger partial charge >= 0.3 is 5.97 Å². The van der Waals surface area contributed by atoms with Gasteiger partial charge in [-0.05, 0) is 36.8 Å². The number of nitrogens with one attached hydrogen (secondary N) is 3. The molecule has 1 rings (SSSR count). The summed E-state index contributed by atoms with van der Waals surface area (Å²) in [6.45, 7) is 5.00. The third-order valence-corrected chi connectivity index (χ3v) is 5.45. The molecule has 0 aliphatic rings. The van der Waals surface area contributed by atoms with Crippen molar-refractivity contribution < 1.29 is 24.3 Å². The minimum atomic E-state index is -1.13. The van der Waals surface area contributed by atoms with Crippen molar-refractivity contribution in [2.75, 3.05) is 12.0 Å². The average Bonchev–Trinajstić information content (AvgIpc) is 2.74. The topological polar surface area (TPSA) is 151 Å². The number of hydrogen-bond donors (Lipinski definition) is 5. The van der Waals surface area contributed by atoms with Crippen LogP contribution in [0.4, 0.5) is 0 Å². The SMILES string of the molecule is CSCCC(NC(=O)C(NC(=O)C(Cc1ccccc1)NC(=O)C(C)N)C(C)C)C(=O)O. The fraction of sp³-hybridized carbons (Fsp3) is 0.545. The summed E-state index contributed by atoms with van der Waals surface area (Å²) in [5, 5.41) is 17.2. The summed E-state index contributed by atoms with van der Waals surface area (Å²) in [7, 11) is 0. The lowest BCUT2D eigenvalue weighted by molar-refractivity contribution is -0.142. The van der Waals surface area contributed by atoms with E-state index >= 15 is 0 Å². The summed E-state index contributed by atoms with van der Waals surface area (Å²) < 4.78 is 0. The van der Waals surface area contributed by atoms with E-state index in [2.05, 4.69) is 16.0 Å².